The van der Waals surface area contributed by atoms with Gasteiger partial charge in [0, 0.05) is 11.5 Å². The highest BCUT2D eigenvalue weighted by molar-refractivity contribution is 5.98. The maximum Gasteiger partial charge on any atom is 0.434 e. The van der Waals surface area contributed by atoms with Crippen molar-refractivity contribution in [2.24, 2.45) is 0 Å². The molecule has 1 aromatic heterocycles. The summed E-state index contributed by atoms with van der Waals surface area (Å²) in [6.07, 6.45) is -3.97. The molecule has 9 heteroatoms. The van der Waals surface area contributed by atoms with Gasteiger partial charge < -0.3 is 0 Å². The molecule has 3 rings (SSSR count). The van der Waals surface area contributed by atoms with Crippen molar-refractivity contribution in [1.29, 1.82) is 0 Å². The number of non-ortho nitro benzene ring substituents is 1. The van der Waals surface area contributed by atoms with E-state index in [9.17, 15) is 28.1 Å². The zero-order chi connectivity index (χ0) is 18.4. The van der Waals surface area contributed by atoms with Crippen molar-refractivity contribution >= 4 is 22.2 Å². The second-order valence-electron chi connectivity index (χ2n) is 5.28. The van der Waals surface area contributed by atoms with Crippen molar-refractivity contribution in [1.82, 2.24) is 9.78 Å². The number of carbonyl (C=O) groups excluding carboxylic acids is 1. The summed E-state index contributed by atoms with van der Waals surface area (Å²) in [5, 5.41) is 15.2. The SMILES string of the molecule is CC(=O)c1cnn(-c2ccc([N+](=O)[O-])c3ccccc23)c1C(F)(F)F. The summed E-state index contributed by atoms with van der Waals surface area (Å²) in [6, 6.07) is 8.32. The molecule has 0 saturated heterocycles. The number of Topliss-reactive ketones (excluding diaryl/α,β-unsaturated/α-hetero) is 1. The minimum atomic E-state index is -4.82. The lowest BCUT2D eigenvalue weighted by Gasteiger charge is -2.14. The molecule has 0 unspecified atom stereocenters. The Kier molecular flexibility index (Phi) is 3.78. The lowest BCUT2D eigenvalue weighted by atomic mass is 10.1. The lowest BCUT2D eigenvalue weighted by Crippen LogP contribution is -2.17. The van der Waals surface area contributed by atoms with Gasteiger partial charge in [0.05, 0.1) is 27.8 Å². The number of halogens is 3. The van der Waals surface area contributed by atoms with Crippen LogP contribution in [0.25, 0.3) is 16.5 Å². The Hall–Kier alpha value is -3.23. The molecule has 0 aliphatic rings. The van der Waals surface area contributed by atoms with Gasteiger partial charge in [0.1, 0.15) is 0 Å². The quantitative estimate of drug-likeness (QED) is 0.404. The highest BCUT2D eigenvalue weighted by Gasteiger charge is 2.40. The van der Waals surface area contributed by atoms with Gasteiger partial charge in [-0.25, -0.2) is 4.68 Å². The summed E-state index contributed by atoms with van der Waals surface area (Å²) in [4.78, 5) is 22.1. The average Bonchev–Trinajstić information content (AvgIpc) is 2.99. The number of alkyl halides is 3. The van der Waals surface area contributed by atoms with Crippen molar-refractivity contribution in [2.45, 2.75) is 13.1 Å². The Morgan fingerprint density at radius 2 is 1.80 bits per heavy atom. The van der Waals surface area contributed by atoms with Crippen LogP contribution in [0.15, 0.2) is 42.6 Å². The third kappa shape index (κ3) is 2.73. The molecule has 1 heterocycles. The van der Waals surface area contributed by atoms with E-state index in [1.165, 1.54) is 18.2 Å². The topological polar surface area (TPSA) is 78.0 Å². The average molecular weight is 349 g/mol. The van der Waals surface area contributed by atoms with Crippen molar-refractivity contribution in [3.05, 3.63) is 64.0 Å². The van der Waals surface area contributed by atoms with E-state index < -0.39 is 28.1 Å². The predicted molar refractivity (Wildman–Crippen MR) is 82.7 cm³/mol. The van der Waals surface area contributed by atoms with Crippen LogP contribution in [-0.2, 0) is 6.18 Å². The summed E-state index contributed by atoms with van der Waals surface area (Å²) < 4.78 is 41.0. The maximum absolute atomic E-state index is 13.5. The van der Waals surface area contributed by atoms with Crippen molar-refractivity contribution in [3.63, 3.8) is 0 Å². The number of rotatable bonds is 3. The van der Waals surface area contributed by atoms with E-state index >= 15 is 0 Å². The fourth-order valence-electron chi connectivity index (χ4n) is 2.67. The van der Waals surface area contributed by atoms with Crippen LogP contribution in [-0.4, -0.2) is 20.5 Å². The minimum absolute atomic E-state index is 0.000949. The highest BCUT2D eigenvalue weighted by atomic mass is 19.4. The Bertz CT molecular complexity index is 1010. The highest BCUT2D eigenvalue weighted by Crippen LogP contribution is 2.37. The molecule has 0 aliphatic carbocycles. The van der Waals surface area contributed by atoms with Crippen LogP contribution in [0.2, 0.25) is 0 Å². The summed E-state index contributed by atoms with van der Waals surface area (Å²) in [7, 11) is 0. The molecule has 0 saturated carbocycles. The van der Waals surface area contributed by atoms with Gasteiger partial charge in [-0.2, -0.15) is 18.3 Å². The molecule has 0 N–H and O–H groups in total. The number of ketones is 1. The molecular weight excluding hydrogens is 339 g/mol. The molecular formula is C16H10F3N3O3. The van der Waals surface area contributed by atoms with E-state index in [4.69, 9.17) is 0 Å². The third-order valence-corrected chi connectivity index (χ3v) is 3.72. The van der Waals surface area contributed by atoms with Crippen LogP contribution in [0.4, 0.5) is 18.9 Å². The van der Waals surface area contributed by atoms with Gasteiger partial charge in [-0.3, -0.25) is 14.9 Å². The molecule has 0 aliphatic heterocycles. The van der Waals surface area contributed by atoms with Gasteiger partial charge in [0.2, 0.25) is 0 Å². The van der Waals surface area contributed by atoms with Crippen molar-refractivity contribution in [2.75, 3.05) is 0 Å². The number of nitro benzene ring substituents is 1. The van der Waals surface area contributed by atoms with Crippen LogP contribution in [0.3, 0.4) is 0 Å². The van der Waals surface area contributed by atoms with E-state index in [-0.39, 0.29) is 22.1 Å². The van der Waals surface area contributed by atoms with Crippen LogP contribution in [0.5, 0.6) is 0 Å². The molecule has 0 bridgehead atoms. The van der Waals surface area contributed by atoms with Crippen LogP contribution >= 0.6 is 0 Å². The van der Waals surface area contributed by atoms with Crippen LogP contribution in [0, 0.1) is 10.1 Å². The number of benzene rings is 2. The number of carbonyl (C=O) groups is 1. The first-order valence-corrected chi connectivity index (χ1v) is 7.04. The maximum atomic E-state index is 13.5. The number of nitro groups is 1. The van der Waals surface area contributed by atoms with E-state index in [1.54, 1.807) is 12.1 Å². The van der Waals surface area contributed by atoms with Crippen molar-refractivity contribution in [3.8, 4) is 5.69 Å². The predicted octanol–water partition coefficient (Wildman–Crippen LogP) is 4.16. The van der Waals surface area contributed by atoms with E-state index in [0.717, 1.165) is 19.2 Å². The standard InChI is InChI=1S/C16H10F3N3O3/c1-9(23)12-8-20-21(15(12)16(17,18)19)13-6-7-14(22(24)25)11-5-3-2-4-10(11)13/h2-8H,1H3. The van der Waals surface area contributed by atoms with Crippen molar-refractivity contribution < 1.29 is 22.9 Å². The molecule has 25 heavy (non-hydrogen) atoms. The first kappa shape index (κ1) is 16.6. The van der Waals surface area contributed by atoms with Gasteiger partial charge in [-0.05, 0) is 19.1 Å². The summed E-state index contributed by atoms with van der Waals surface area (Å²) >= 11 is 0. The zero-order valence-electron chi connectivity index (χ0n) is 12.7. The fourth-order valence-corrected chi connectivity index (χ4v) is 2.67. The molecule has 128 valence electrons. The second-order valence-corrected chi connectivity index (χ2v) is 5.28. The molecule has 0 spiro atoms. The van der Waals surface area contributed by atoms with Gasteiger partial charge in [0.15, 0.2) is 11.5 Å². The molecule has 0 amide bonds. The Labute approximate surface area is 138 Å². The second kappa shape index (κ2) is 5.69. The largest absolute Gasteiger partial charge is 0.434 e. The minimum Gasteiger partial charge on any atom is -0.294 e. The van der Waals surface area contributed by atoms with E-state index in [2.05, 4.69) is 5.10 Å². The van der Waals surface area contributed by atoms with Crippen LogP contribution in [0.1, 0.15) is 23.0 Å². The molecule has 2 aromatic carbocycles. The number of aromatic nitrogens is 2. The first-order chi connectivity index (χ1) is 11.7. The summed E-state index contributed by atoms with van der Waals surface area (Å²) in [5.41, 5.74) is -2.00. The third-order valence-electron chi connectivity index (χ3n) is 3.72. The van der Waals surface area contributed by atoms with Gasteiger partial charge in [-0.15, -0.1) is 0 Å². The van der Waals surface area contributed by atoms with E-state index in [1.807, 2.05) is 0 Å². The first-order valence-electron chi connectivity index (χ1n) is 7.04. The molecule has 0 radical (unpaired) electrons. The van der Waals surface area contributed by atoms with Gasteiger partial charge >= 0.3 is 6.18 Å². The monoisotopic (exact) mass is 349 g/mol. The Morgan fingerprint density at radius 3 is 2.36 bits per heavy atom. The fraction of sp³-hybridized carbons (Fsp3) is 0.125. The Balaban J connectivity index is 2.38. The summed E-state index contributed by atoms with van der Waals surface area (Å²) in [6.45, 7) is 1.02. The smallest absolute Gasteiger partial charge is 0.294 e. The van der Waals surface area contributed by atoms with Crippen LogP contribution < -0.4 is 0 Å². The zero-order valence-corrected chi connectivity index (χ0v) is 12.7. The number of fused-ring (bicyclic) bond motifs is 1. The van der Waals surface area contributed by atoms with E-state index in [0.29, 0.717) is 4.68 Å². The normalized spacial score (nSPS) is 11.7. The summed E-state index contributed by atoms with van der Waals surface area (Å²) in [5.74, 6) is -0.773. The molecule has 0 atom stereocenters. The lowest BCUT2D eigenvalue weighted by molar-refractivity contribution is -0.383. The molecule has 0 fully saturated rings. The Morgan fingerprint density at radius 1 is 1.16 bits per heavy atom. The number of hydrogen-bond acceptors (Lipinski definition) is 4. The number of nitrogens with zero attached hydrogens (tertiary/aromatic N) is 3. The number of hydrogen-bond donors (Lipinski definition) is 0. The van der Waals surface area contributed by atoms with Gasteiger partial charge in [-0.1, -0.05) is 18.2 Å². The molecule has 3 aromatic rings. The van der Waals surface area contributed by atoms with Gasteiger partial charge in [0.25, 0.3) is 5.69 Å². The molecule has 6 nitrogen and oxygen atoms in total.